The summed E-state index contributed by atoms with van der Waals surface area (Å²) < 4.78 is 5.17. The van der Waals surface area contributed by atoms with Gasteiger partial charge in [-0.25, -0.2) is 4.79 Å². The average molecular weight is 497 g/mol. The molecule has 0 radical (unpaired) electrons. The normalized spacial score (nSPS) is 10.6. The molecule has 6 aromatic carbocycles. The number of carbonyl (C=O) groups is 1. The van der Waals surface area contributed by atoms with Gasteiger partial charge in [-0.15, -0.1) is 0 Å². The van der Waals surface area contributed by atoms with Gasteiger partial charge in [-0.1, -0.05) is 91.0 Å². The minimum atomic E-state index is -0.329. The zero-order chi connectivity index (χ0) is 26.6. The van der Waals surface area contributed by atoms with Crippen molar-refractivity contribution in [3.05, 3.63) is 120 Å². The fourth-order valence-corrected chi connectivity index (χ4v) is 5.17. The van der Waals surface area contributed by atoms with Gasteiger partial charge in [0.15, 0.2) is 0 Å². The Morgan fingerprint density at radius 2 is 1.03 bits per heavy atom. The number of fused-ring (bicyclic) bond motifs is 3. The van der Waals surface area contributed by atoms with Gasteiger partial charge in [0.05, 0.1) is 12.7 Å². The molecule has 38 heavy (non-hydrogen) atoms. The van der Waals surface area contributed by atoms with E-state index in [2.05, 4.69) is 91.9 Å². The van der Waals surface area contributed by atoms with Crippen LogP contribution >= 0.6 is 0 Å². The number of rotatable bonds is 3. The number of carbonyl (C=O) groups excluding carboxylic acids is 3. The highest BCUT2D eigenvalue weighted by atomic mass is 16.5. The van der Waals surface area contributed by atoms with Crippen LogP contribution in [-0.2, 0) is 14.3 Å². The Morgan fingerprint density at radius 3 is 1.55 bits per heavy atom. The molecule has 0 aliphatic rings. The van der Waals surface area contributed by atoms with Crippen LogP contribution in [0.4, 0.5) is 0 Å². The van der Waals surface area contributed by atoms with E-state index >= 15 is 0 Å². The van der Waals surface area contributed by atoms with E-state index in [1.54, 1.807) is 0 Å². The second-order valence-corrected chi connectivity index (χ2v) is 9.04. The predicted molar refractivity (Wildman–Crippen MR) is 151 cm³/mol. The first-order valence-corrected chi connectivity index (χ1v) is 12.2. The number of benzene rings is 6. The van der Waals surface area contributed by atoms with Gasteiger partial charge < -0.3 is 4.74 Å². The van der Waals surface area contributed by atoms with Gasteiger partial charge in [0, 0.05) is 0 Å². The molecule has 4 nitrogen and oxygen atoms in total. The fraction of sp³-hybridized carbons (Fsp3) is 0.0588. The van der Waals surface area contributed by atoms with Crippen LogP contribution in [0, 0.1) is 6.92 Å². The van der Waals surface area contributed by atoms with Crippen LogP contribution < -0.4 is 0 Å². The molecule has 0 heterocycles. The van der Waals surface area contributed by atoms with Crippen molar-refractivity contribution in [3.8, 4) is 22.3 Å². The lowest BCUT2D eigenvalue weighted by Crippen LogP contribution is -2.04. The van der Waals surface area contributed by atoms with Crippen LogP contribution in [0.5, 0.6) is 0 Å². The lowest BCUT2D eigenvalue weighted by Gasteiger charge is -2.16. The Bertz CT molecular complexity index is 1860. The lowest BCUT2D eigenvalue weighted by atomic mass is 9.88. The van der Waals surface area contributed by atoms with Gasteiger partial charge in [-0.2, -0.15) is 9.59 Å². The first-order chi connectivity index (χ1) is 18.5. The smallest absolute Gasteiger partial charge is 0.373 e. The molecule has 0 fully saturated rings. The van der Waals surface area contributed by atoms with E-state index < -0.39 is 0 Å². The Morgan fingerprint density at radius 1 is 0.579 bits per heavy atom. The van der Waals surface area contributed by atoms with Crippen LogP contribution in [0.15, 0.2) is 109 Å². The van der Waals surface area contributed by atoms with E-state index in [1.165, 1.54) is 34.6 Å². The molecule has 184 valence electrons. The van der Waals surface area contributed by atoms with Crippen LogP contribution in [0.25, 0.3) is 54.6 Å². The van der Waals surface area contributed by atoms with E-state index in [0.29, 0.717) is 5.56 Å². The molecule has 0 N–H and O–H groups in total. The standard InChI is InChI=1S/C33H24O2.CO2/c1-21-17-22-9-3-4-10-23(22)18-30(21)28-15-7-14-27-26(28)13-8-16-29(27)31-19-24-11-5-6-12-25(24)20-32(31)33(34)35-2;2-1-3/h3-20H,1-2H3;. The monoisotopic (exact) mass is 496 g/mol. The third-order valence-electron chi connectivity index (χ3n) is 6.89. The first-order valence-electron chi connectivity index (χ1n) is 12.2. The Kier molecular flexibility index (Phi) is 6.82. The Hall–Kier alpha value is -5.05. The molecule has 0 amide bonds. The summed E-state index contributed by atoms with van der Waals surface area (Å²) in [6.07, 6.45) is 0.250. The summed E-state index contributed by atoms with van der Waals surface area (Å²) in [5.41, 5.74) is 6.13. The lowest BCUT2D eigenvalue weighted by molar-refractivity contribution is -0.191. The van der Waals surface area contributed by atoms with Crippen molar-refractivity contribution < 1.29 is 19.1 Å². The molecule has 0 aliphatic heterocycles. The molecule has 6 rings (SSSR count). The maximum Gasteiger partial charge on any atom is 0.373 e. The minimum Gasteiger partial charge on any atom is -0.465 e. The van der Waals surface area contributed by atoms with Gasteiger partial charge >= 0.3 is 12.1 Å². The molecule has 0 spiro atoms. The molecule has 6 aromatic rings. The van der Waals surface area contributed by atoms with Crippen molar-refractivity contribution in [2.75, 3.05) is 7.11 Å². The van der Waals surface area contributed by atoms with E-state index in [1.807, 2.05) is 24.3 Å². The van der Waals surface area contributed by atoms with E-state index in [-0.39, 0.29) is 12.1 Å². The van der Waals surface area contributed by atoms with Gasteiger partial charge in [0.2, 0.25) is 0 Å². The average Bonchev–Trinajstić information content (AvgIpc) is 2.95. The zero-order valence-electron chi connectivity index (χ0n) is 21.0. The number of hydrogen-bond acceptors (Lipinski definition) is 4. The third-order valence-corrected chi connectivity index (χ3v) is 6.89. The number of esters is 1. The van der Waals surface area contributed by atoms with Gasteiger partial charge in [-0.05, 0) is 85.3 Å². The second kappa shape index (κ2) is 10.5. The summed E-state index contributed by atoms with van der Waals surface area (Å²) in [6.45, 7) is 2.17. The fourth-order valence-electron chi connectivity index (χ4n) is 5.17. The Labute approximate surface area is 220 Å². The van der Waals surface area contributed by atoms with E-state index in [9.17, 15) is 4.79 Å². The summed E-state index contributed by atoms with van der Waals surface area (Å²) in [5.74, 6) is -0.329. The highest BCUT2D eigenvalue weighted by molar-refractivity contribution is 6.11. The Balaban J connectivity index is 0.000000937. The third kappa shape index (κ3) is 4.45. The second-order valence-electron chi connectivity index (χ2n) is 9.04. The summed E-state index contributed by atoms with van der Waals surface area (Å²) in [7, 11) is 1.44. The highest BCUT2D eigenvalue weighted by Gasteiger charge is 2.18. The molecule has 0 atom stereocenters. The van der Waals surface area contributed by atoms with E-state index in [4.69, 9.17) is 14.3 Å². The predicted octanol–water partition coefficient (Wildman–Crippen LogP) is 7.99. The molecule has 0 aromatic heterocycles. The van der Waals surface area contributed by atoms with Crippen molar-refractivity contribution >= 4 is 44.4 Å². The number of ether oxygens (including phenoxy) is 1. The van der Waals surface area contributed by atoms with Gasteiger partial charge in [0.25, 0.3) is 0 Å². The molecule has 0 unspecified atom stereocenters. The van der Waals surface area contributed by atoms with E-state index in [0.717, 1.165) is 32.7 Å². The number of methoxy groups -OCH3 is 1. The first kappa shape index (κ1) is 24.6. The topological polar surface area (TPSA) is 60.4 Å². The van der Waals surface area contributed by atoms with Crippen LogP contribution in [0.2, 0.25) is 0 Å². The maximum atomic E-state index is 12.8. The zero-order valence-corrected chi connectivity index (χ0v) is 21.0. The summed E-state index contributed by atoms with van der Waals surface area (Å²) >= 11 is 0. The molecular formula is C34H24O4. The highest BCUT2D eigenvalue weighted by Crippen LogP contribution is 2.39. The molecule has 0 aliphatic carbocycles. The SMILES string of the molecule is COC(=O)c1cc2ccccc2cc1-c1cccc2c(-c3cc4ccccc4cc3C)cccc12.O=C=O. The maximum absolute atomic E-state index is 12.8. The van der Waals surface area contributed by atoms with Crippen LogP contribution in [0.3, 0.4) is 0 Å². The molecule has 0 saturated carbocycles. The molecule has 4 heteroatoms. The summed E-state index contributed by atoms with van der Waals surface area (Å²) in [5, 5.41) is 6.85. The minimum absolute atomic E-state index is 0.250. The van der Waals surface area contributed by atoms with Crippen molar-refractivity contribution in [3.63, 3.8) is 0 Å². The van der Waals surface area contributed by atoms with Crippen molar-refractivity contribution in [2.45, 2.75) is 6.92 Å². The molecule has 0 bridgehead atoms. The van der Waals surface area contributed by atoms with Crippen LogP contribution in [0.1, 0.15) is 15.9 Å². The number of aryl methyl sites for hydroxylation is 1. The van der Waals surface area contributed by atoms with Crippen LogP contribution in [-0.4, -0.2) is 19.2 Å². The van der Waals surface area contributed by atoms with Crippen molar-refractivity contribution in [1.29, 1.82) is 0 Å². The molecular weight excluding hydrogens is 472 g/mol. The number of hydrogen-bond donors (Lipinski definition) is 0. The summed E-state index contributed by atoms with van der Waals surface area (Å²) in [6, 6.07) is 37.9. The van der Waals surface area contributed by atoms with Crippen molar-refractivity contribution in [2.24, 2.45) is 0 Å². The van der Waals surface area contributed by atoms with Crippen molar-refractivity contribution in [1.82, 2.24) is 0 Å². The largest absolute Gasteiger partial charge is 0.465 e. The van der Waals surface area contributed by atoms with Gasteiger partial charge in [0.1, 0.15) is 0 Å². The quantitative estimate of drug-likeness (QED) is 0.233. The molecule has 0 saturated heterocycles. The summed E-state index contributed by atoms with van der Waals surface area (Å²) in [4.78, 5) is 29.1. The van der Waals surface area contributed by atoms with Gasteiger partial charge in [-0.3, -0.25) is 0 Å².